The molecule has 1 saturated heterocycles. The molecule has 0 spiro atoms. The van der Waals surface area contributed by atoms with Crippen LogP contribution in [0.25, 0.3) is 33.0 Å². The van der Waals surface area contributed by atoms with Crippen LogP contribution in [-0.4, -0.2) is 57.3 Å². The van der Waals surface area contributed by atoms with E-state index in [1.807, 2.05) is 72.5 Å². The van der Waals surface area contributed by atoms with Gasteiger partial charge in [-0.2, -0.15) is 0 Å². The molecule has 0 saturated carbocycles. The van der Waals surface area contributed by atoms with Crippen molar-refractivity contribution in [3.8, 4) is 0 Å². The highest BCUT2D eigenvalue weighted by Gasteiger charge is 2.44. The highest BCUT2D eigenvalue weighted by Crippen LogP contribution is 2.42. The van der Waals surface area contributed by atoms with Gasteiger partial charge in [-0.3, -0.25) is 14.5 Å². The number of carbonyl (C=O) groups excluding carboxylic acids is 2. The summed E-state index contributed by atoms with van der Waals surface area (Å²) in [6.07, 6.45) is 5.46. The average Bonchev–Trinajstić information content (AvgIpc) is 3.47. The second-order valence-corrected chi connectivity index (χ2v) is 9.18. The number of imide groups is 1. The molecule has 166 valence electrons. The molecule has 2 aliphatic rings. The molecular weight excluding hydrogens is 412 g/mol. The third kappa shape index (κ3) is 2.98. The van der Waals surface area contributed by atoms with Gasteiger partial charge in [0, 0.05) is 58.4 Å². The van der Waals surface area contributed by atoms with Crippen molar-refractivity contribution in [1.82, 2.24) is 19.4 Å². The van der Waals surface area contributed by atoms with Crippen LogP contribution in [-0.2, 0) is 16.6 Å². The van der Waals surface area contributed by atoms with Gasteiger partial charge in [-0.05, 0) is 45.1 Å². The molecule has 4 aromatic rings. The zero-order valence-electron chi connectivity index (χ0n) is 18.8. The molecule has 4 heterocycles. The van der Waals surface area contributed by atoms with Gasteiger partial charge in [0.1, 0.15) is 0 Å². The van der Waals surface area contributed by atoms with Crippen molar-refractivity contribution in [2.45, 2.75) is 18.9 Å². The number of nitrogens with one attached hydrogen (secondary N) is 1. The van der Waals surface area contributed by atoms with E-state index < -0.39 is 0 Å². The Morgan fingerprint density at radius 2 is 1.45 bits per heavy atom. The molecule has 0 atom stereocenters. The molecular formula is C27H26N4O2. The van der Waals surface area contributed by atoms with Crippen LogP contribution in [0.2, 0.25) is 0 Å². The lowest BCUT2D eigenvalue weighted by atomic mass is 9.95. The molecule has 33 heavy (non-hydrogen) atoms. The van der Waals surface area contributed by atoms with E-state index in [0.717, 1.165) is 58.9 Å². The number of rotatable bonds is 3. The number of nitrogens with zero attached hydrogens (tertiary/aromatic N) is 3. The van der Waals surface area contributed by atoms with Crippen molar-refractivity contribution in [3.05, 3.63) is 72.1 Å². The van der Waals surface area contributed by atoms with Crippen molar-refractivity contribution in [3.63, 3.8) is 0 Å². The molecule has 2 amide bonds. The van der Waals surface area contributed by atoms with Crippen LogP contribution < -0.4 is 0 Å². The van der Waals surface area contributed by atoms with Crippen molar-refractivity contribution < 1.29 is 9.59 Å². The number of amides is 2. The Kier molecular flexibility index (Phi) is 4.52. The first-order valence-corrected chi connectivity index (χ1v) is 11.5. The summed E-state index contributed by atoms with van der Waals surface area (Å²) < 4.78 is 2.03. The summed E-state index contributed by atoms with van der Waals surface area (Å²) >= 11 is 0. The molecule has 1 fully saturated rings. The lowest BCUT2D eigenvalue weighted by molar-refractivity contribution is -0.139. The van der Waals surface area contributed by atoms with E-state index in [2.05, 4.69) is 16.9 Å². The van der Waals surface area contributed by atoms with E-state index in [-0.39, 0.29) is 17.9 Å². The normalized spacial score (nSPS) is 18.4. The first-order valence-electron chi connectivity index (χ1n) is 11.5. The van der Waals surface area contributed by atoms with Crippen LogP contribution in [0.15, 0.2) is 60.9 Å². The number of likely N-dealkylation sites (tertiary alicyclic amines) is 1. The van der Waals surface area contributed by atoms with Gasteiger partial charge in [-0.15, -0.1) is 0 Å². The Morgan fingerprint density at radius 1 is 0.818 bits per heavy atom. The summed E-state index contributed by atoms with van der Waals surface area (Å²) in [4.78, 5) is 35.1. The Morgan fingerprint density at radius 3 is 2.21 bits per heavy atom. The van der Waals surface area contributed by atoms with Crippen LogP contribution in [0.3, 0.4) is 0 Å². The maximum Gasteiger partial charge on any atom is 0.262 e. The zero-order valence-corrected chi connectivity index (χ0v) is 18.8. The number of benzene rings is 2. The summed E-state index contributed by atoms with van der Waals surface area (Å²) in [6, 6.07) is 15.9. The molecule has 2 aromatic heterocycles. The maximum atomic E-state index is 14.0. The monoisotopic (exact) mass is 438 g/mol. The Labute approximate surface area is 192 Å². The Bertz CT molecular complexity index is 1450. The largest absolute Gasteiger partial charge is 0.361 e. The molecule has 0 radical (unpaired) electrons. The summed E-state index contributed by atoms with van der Waals surface area (Å²) in [5, 5.41) is 1.94. The smallest absolute Gasteiger partial charge is 0.262 e. The Balaban J connectivity index is 1.59. The molecule has 0 aliphatic carbocycles. The van der Waals surface area contributed by atoms with Crippen LogP contribution in [0.4, 0.5) is 0 Å². The first kappa shape index (κ1) is 20.0. The second-order valence-electron chi connectivity index (χ2n) is 9.18. The van der Waals surface area contributed by atoms with Crippen LogP contribution in [0.1, 0.15) is 24.0 Å². The van der Waals surface area contributed by atoms with Crippen molar-refractivity contribution >= 4 is 44.8 Å². The van der Waals surface area contributed by atoms with Gasteiger partial charge < -0.3 is 14.5 Å². The van der Waals surface area contributed by atoms with Crippen LogP contribution >= 0.6 is 0 Å². The van der Waals surface area contributed by atoms with Gasteiger partial charge in [0.25, 0.3) is 11.8 Å². The highest BCUT2D eigenvalue weighted by molar-refractivity contribution is 6.50. The standard InChI is InChI=1S/C27H26N4O2/c1-29-13-11-17(12-14-29)31-26(32)24(20-15-28-22-9-5-3-7-18(20)22)25(27(31)33)21-16-30(2)23-10-6-4-8-19(21)23/h3-10,15-17,28H,11-14H2,1-2H3. The third-order valence-corrected chi connectivity index (χ3v) is 7.19. The topological polar surface area (TPSA) is 61.3 Å². The highest BCUT2D eigenvalue weighted by atomic mass is 16.2. The van der Waals surface area contributed by atoms with Crippen molar-refractivity contribution in [2.24, 2.45) is 7.05 Å². The lowest BCUT2D eigenvalue weighted by Crippen LogP contribution is -2.47. The minimum absolute atomic E-state index is 0.0751. The number of aryl methyl sites for hydroxylation is 1. The molecule has 2 aromatic carbocycles. The van der Waals surface area contributed by atoms with Gasteiger partial charge in [0.15, 0.2) is 0 Å². The van der Waals surface area contributed by atoms with E-state index >= 15 is 0 Å². The molecule has 6 nitrogen and oxygen atoms in total. The van der Waals surface area contributed by atoms with Gasteiger partial charge in [-0.25, -0.2) is 0 Å². The molecule has 0 bridgehead atoms. The number of hydrogen-bond acceptors (Lipinski definition) is 3. The summed E-state index contributed by atoms with van der Waals surface area (Å²) in [6.45, 7) is 1.77. The van der Waals surface area contributed by atoms with E-state index in [4.69, 9.17) is 0 Å². The fourth-order valence-corrected chi connectivity index (χ4v) is 5.45. The first-order chi connectivity index (χ1) is 16.0. The average molecular weight is 439 g/mol. The van der Waals surface area contributed by atoms with Crippen LogP contribution in [0, 0.1) is 0 Å². The second kappa shape index (κ2) is 7.46. The SMILES string of the molecule is CN1CCC(N2C(=O)C(c3c[nH]c4ccccc34)=C(c3cn(C)c4ccccc34)C2=O)CC1. The molecule has 2 aliphatic heterocycles. The van der Waals surface area contributed by atoms with E-state index in [1.54, 1.807) is 4.90 Å². The summed E-state index contributed by atoms with van der Waals surface area (Å²) in [5.74, 6) is -0.353. The van der Waals surface area contributed by atoms with Crippen LogP contribution in [0.5, 0.6) is 0 Å². The minimum atomic E-state index is -0.178. The van der Waals surface area contributed by atoms with Crippen molar-refractivity contribution in [2.75, 3.05) is 20.1 Å². The van der Waals surface area contributed by atoms with E-state index in [1.165, 1.54) is 0 Å². The predicted octanol–water partition coefficient (Wildman–Crippen LogP) is 4.03. The van der Waals surface area contributed by atoms with Gasteiger partial charge >= 0.3 is 0 Å². The number of para-hydroxylation sites is 2. The zero-order chi connectivity index (χ0) is 22.7. The van der Waals surface area contributed by atoms with Gasteiger partial charge in [-0.1, -0.05) is 36.4 Å². The molecule has 6 heteroatoms. The number of carbonyl (C=O) groups is 2. The number of hydrogen-bond donors (Lipinski definition) is 1. The predicted molar refractivity (Wildman–Crippen MR) is 130 cm³/mol. The molecule has 1 N–H and O–H groups in total. The number of H-pyrrole nitrogens is 1. The number of aromatic nitrogens is 2. The van der Waals surface area contributed by atoms with Gasteiger partial charge in [0.2, 0.25) is 0 Å². The van der Waals surface area contributed by atoms with E-state index in [9.17, 15) is 9.59 Å². The third-order valence-electron chi connectivity index (χ3n) is 7.19. The fraction of sp³-hybridized carbons (Fsp3) is 0.259. The summed E-state index contributed by atoms with van der Waals surface area (Å²) in [5.41, 5.74) is 4.63. The summed E-state index contributed by atoms with van der Waals surface area (Å²) in [7, 11) is 4.06. The van der Waals surface area contributed by atoms with Crippen molar-refractivity contribution in [1.29, 1.82) is 0 Å². The molecule has 0 unspecified atom stereocenters. The van der Waals surface area contributed by atoms with E-state index in [0.29, 0.717) is 11.1 Å². The Hall–Kier alpha value is -3.64. The fourth-order valence-electron chi connectivity index (χ4n) is 5.45. The number of aromatic amines is 1. The lowest BCUT2D eigenvalue weighted by Gasteiger charge is -2.34. The molecule has 6 rings (SSSR count). The quantitative estimate of drug-likeness (QED) is 0.491. The van der Waals surface area contributed by atoms with Gasteiger partial charge in [0.05, 0.1) is 11.1 Å². The minimum Gasteiger partial charge on any atom is -0.361 e. The number of fused-ring (bicyclic) bond motifs is 2. The maximum absolute atomic E-state index is 14.0. The number of piperidine rings is 1.